The summed E-state index contributed by atoms with van der Waals surface area (Å²) in [7, 11) is 1.98. The van der Waals surface area contributed by atoms with Gasteiger partial charge in [0.2, 0.25) is 0 Å². The van der Waals surface area contributed by atoms with Crippen molar-refractivity contribution in [2.45, 2.75) is 33.2 Å². The smallest absolute Gasteiger partial charge is 0.145 e. The number of hydrazine groups is 1. The van der Waals surface area contributed by atoms with E-state index >= 15 is 0 Å². The highest BCUT2D eigenvalue weighted by Gasteiger charge is 2.11. The van der Waals surface area contributed by atoms with Gasteiger partial charge < -0.3 is 10.3 Å². The van der Waals surface area contributed by atoms with Gasteiger partial charge in [-0.3, -0.25) is 4.98 Å². The van der Waals surface area contributed by atoms with Crippen LogP contribution in [0.5, 0.6) is 0 Å². The van der Waals surface area contributed by atoms with Gasteiger partial charge >= 0.3 is 0 Å². The van der Waals surface area contributed by atoms with Gasteiger partial charge in [0.05, 0.1) is 12.2 Å². The zero-order valence-corrected chi connectivity index (χ0v) is 13.0. The second-order valence-electron chi connectivity index (χ2n) is 5.39. The maximum atomic E-state index is 5.49. The topological polar surface area (TPSA) is 80.0 Å². The zero-order chi connectivity index (χ0) is 15.4. The minimum atomic E-state index is 0.238. The number of rotatable bonds is 5. The van der Waals surface area contributed by atoms with E-state index in [4.69, 9.17) is 5.84 Å². The summed E-state index contributed by atoms with van der Waals surface area (Å²) in [6, 6.07) is 7.84. The standard InChI is InChI=1S/C15H22N6/c1-10(2)15-18-13(20-16)8-14(19-15)21(4)9-12-7-5-6-11(3)17-12/h5-8,10H,9,16H2,1-4H3,(H,18,19,20). The number of nitrogens with two attached hydrogens (primary N) is 1. The lowest BCUT2D eigenvalue weighted by Gasteiger charge is -2.20. The van der Waals surface area contributed by atoms with Crippen LogP contribution in [0.1, 0.15) is 37.0 Å². The summed E-state index contributed by atoms with van der Waals surface area (Å²) in [5.74, 6) is 7.94. The van der Waals surface area contributed by atoms with E-state index in [2.05, 4.69) is 34.2 Å². The van der Waals surface area contributed by atoms with Crippen LogP contribution in [0.15, 0.2) is 24.3 Å². The Labute approximate surface area is 125 Å². The monoisotopic (exact) mass is 286 g/mol. The fourth-order valence-electron chi connectivity index (χ4n) is 1.99. The van der Waals surface area contributed by atoms with E-state index in [1.54, 1.807) is 0 Å². The second kappa shape index (κ2) is 6.49. The fourth-order valence-corrected chi connectivity index (χ4v) is 1.99. The molecule has 0 bridgehead atoms. The van der Waals surface area contributed by atoms with Crippen LogP contribution >= 0.6 is 0 Å². The van der Waals surface area contributed by atoms with Crippen molar-refractivity contribution in [2.24, 2.45) is 5.84 Å². The van der Waals surface area contributed by atoms with Gasteiger partial charge in [-0.15, -0.1) is 0 Å². The number of nitrogen functional groups attached to an aromatic ring is 1. The second-order valence-corrected chi connectivity index (χ2v) is 5.39. The molecule has 0 saturated carbocycles. The maximum Gasteiger partial charge on any atom is 0.145 e. The van der Waals surface area contributed by atoms with Gasteiger partial charge in [-0.1, -0.05) is 19.9 Å². The highest BCUT2D eigenvalue weighted by atomic mass is 15.3. The summed E-state index contributed by atoms with van der Waals surface area (Å²) in [4.78, 5) is 15.5. The quantitative estimate of drug-likeness (QED) is 0.648. The fraction of sp³-hybridized carbons (Fsp3) is 0.400. The summed E-state index contributed by atoms with van der Waals surface area (Å²) < 4.78 is 0. The lowest BCUT2D eigenvalue weighted by atomic mass is 10.2. The molecule has 0 amide bonds. The van der Waals surface area contributed by atoms with Gasteiger partial charge in [0, 0.05) is 24.7 Å². The zero-order valence-electron chi connectivity index (χ0n) is 13.0. The highest BCUT2D eigenvalue weighted by Crippen LogP contribution is 2.19. The number of aryl methyl sites for hydroxylation is 1. The lowest BCUT2D eigenvalue weighted by Crippen LogP contribution is -2.21. The van der Waals surface area contributed by atoms with E-state index < -0.39 is 0 Å². The first-order valence-electron chi connectivity index (χ1n) is 6.99. The number of hydrogen-bond acceptors (Lipinski definition) is 6. The number of nitrogens with zero attached hydrogens (tertiary/aromatic N) is 4. The number of aromatic nitrogens is 3. The summed E-state index contributed by atoms with van der Waals surface area (Å²) in [5, 5.41) is 0. The first-order chi connectivity index (χ1) is 9.99. The normalized spacial score (nSPS) is 10.8. The molecule has 2 aromatic rings. The van der Waals surface area contributed by atoms with Crippen molar-refractivity contribution < 1.29 is 0 Å². The first kappa shape index (κ1) is 15.2. The molecule has 6 heteroatoms. The molecule has 0 aliphatic carbocycles. The Morgan fingerprint density at radius 3 is 2.62 bits per heavy atom. The van der Waals surface area contributed by atoms with Gasteiger partial charge in [0.15, 0.2) is 0 Å². The summed E-state index contributed by atoms with van der Waals surface area (Å²) in [6.07, 6.45) is 0. The molecule has 0 aliphatic heterocycles. The van der Waals surface area contributed by atoms with E-state index in [9.17, 15) is 0 Å². The summed E-state index contributed by atoms with van der Waals surface area (Å²) in [5.41, 5.74) is 4.61. The third-order valence-corrected chi connectivity index (χ3v) is 3.13. The maximum absolute atomic E-state index is 5.49. The highest BCUT2D eigenvalue weighted by molar-refractivity contribution is 5.48. The van der Waals surface area contributed by atoms with Crippen LogP contribution in [0.2, 0.25) is 0 Å². The van der Waals surface area contributed by atoms with Gasteiger partial charge in [-0.25, -0.2) is 15.8 Å². The summed E-state index contributed by atoms with van der Waals surface area (Å²) >= 11 is 0. The average Bonchev–Trinajstić information content (AvgIpc) is 2.46. The van der Waals surface area contributed by atoms with Crippen LogP contribution in [0, 0.1) is 6.92 Å². The molecule has 0 aliphatic rings. The Balaban J connectivity index is 2.25. The van der Waals surface area contributed by atoms with E-state index in [0.29, 0.717) is 12.4 Å². The van der Waals surface area contributed by atoms with Gasteiger partial charge in [0.25, 0.3) is 0 Å². The van der Waals surface area contributed by atoms with Crippen LogP contribution in [-0.4, -0.2) is 22.0 Å². The largest absolute Gasteiger partial charge is 0.354 e. The van der Waals surface area contributed by atoms with Crippen molar-refractivity contribution in [2.75, 3.05) is 17.4 Å². The van der Waals surface area contributed by atoms with E-state index in [1.165, 1.54) is 0 Å². The average molecular weight is 286 g/mol. The molecule has 112 valence electrons. The third kappa shape index (κ3) is 3.88. The Morgan fingerprint density at radius 2 is 2.00 bits per heavy atom. The minimum absolute atomic E-state index is 0.238. The molecule has 2 rings (SSSR count). The number of pyridine rings is 1. The van der Waals surface area contributed by atoms with Gasteiger partial charge in [-0.05, 0) is 19.1 Å². The molecule has 0 radical (unpaired) electrons. The number of anilines is 2. The number of nitrogens with one attached hydrogen (secondary N) is 1. The van der Waals surface area contributed by atoms with Crippen molar-refractivity contribution in [3.8, 4) is 0 Å². The van der Waals surface area contributed by atoms with Crippen LogP contribution in [0.3, 0.4) is 0 Å². The summed E-state index contributed by atoms with van der Waals surface area (Å²) in [6.45, 7) is 6.78. The Hall–Kier alpha value is -2.21. The van der Waals surface area contributed by atoms with Crippen molar-refractivity contribution in [3.05, 3.63) is 41.5 Å². The lowest BCUT2D eigenvalue weighted by molar-refractivity contribution is 0.760. The molecular formula is C15H22N6. The molecule has 2 heterocycles. The molecule has 3 N–H and O–H groups in total. The first-order valence-corrected chi connectivity index (χ1v) is 6.99. The van der Waals surface area contributed by atoms with Crippen molar-refractivity contribution in [1.29, 1.82) is 0 Å². The van der Waals surface area contributed by atoms with Crippen molar-refractivity contribution in [1.82, 2.24) is 15.0 Å². The SMILES string of the molecule is Cc1cccc(CN(C)c2cc(NN)nc(C(C)C)n2)n1. The molecule has 21 heavy (non-hydrogen) atoms. The molecule has 0 atom stereocenters. The van der Waals surface area contributed by atoms with Crippen LogP contribution in [0.4, 0.5) is 11.6 Å². The molecule has 0 aromatic carbocycles. The van der Waals surface area contributed by atoms with E-state index in [1.807, 2.05) is 43.1 Å². The van der Waals surface area contributed by atoms with Gasteiger partial charge in [0.1, 0.15) is 17.5 Å². The van der Waals surface area contributed by atoms with Crippen molar-refractivity contribution >= 4 is 11.6 Å². The molecular weight excluding hydrogens is 264 g/mol. The predicted molar refractivity (Wildman–Crippen MR) is 85.0 cm³/mol. The Morgan fingerprint density at radius 1 is 1.24 bits per heavy atom. The molecule has 6 nitrogen and oxygen atoms in total. The van der Waals surface area contributed by atoms with Crippen LogP contribution < -0.4 is 16.2 Å². The molecule has 0 unspecified atom stereocenters. The van der Waals surface area contributed by atoms with Crippen LogP contribution in [0.25, 0.3) is 0 Å². The Kier molecular flexibility index (Phi) is 4.70. The molecule has 0 saturated heterocycles. The molecule has 2 aromatic heterocycles. The Bertz CT molecular complexity index is 611. The van der Waals surface area contributed by atoms with E-state index in [-0.39, 0.29) is 5.92 Å². The number of hydrogen-bond donors (Lipinski definition) is 2. The van der Waals surface area contributed by atoms with Crippen molar-refractivity contribution in [3.63, 3.8) is 0 Å². The molecule has 0 spiro atoms. The molecule has 0 fully saturated rings. The van der Waals surface area contributed by atoms with Gasteiger partial charge in [-0.2, -0.15) is 0 Å². The predicted octanol–water partition coefficient (Wildman–Crippen LogP) is 2.23. The van der Waals surface area contributed by atoms with E-state index in [0.717, 1.165) is 23.0 Å². The van der Waals surface area contributed by atoms with Crippen LogP contribution in [-0.2, 0) is 6.54 Å². The minimum Gasteiger partial charge on any atom is -0.354 e. The third-order valence-electron chi connectivity index (χ3n) is 3.13.